The van der Waals surface area contributed by atoms with Crippen LogP contribution in [0, 0.1) is 0 Å². The second-order valence-corrected chi connectivity index (χ2v) is 10.2. The molecule has 0 radical (unpaired) electrons. The minimum Gasteiger partial charge on any atom is -0.331 e. The van der Waals surface area contributed by atoms with Crippen molar-refractivity contribution < 1.29 is 18.0 Å². The predicted molar refractivity (Wildman–Crippen MR) is 122 cm³/mol. The van der Waals surface area contributed by atoms with Gasteiger partial charge in [0.25, 0.3) is 0 Å². The van der Waals surface area contributed by atoms with Crippen LogP contribution < -0.4 is 0 Å². The Labute approximate surface area is 192 Å². The van der Waals surface area contributed by atoms with Gasteiger partial charge in [0.2, 0.25) is 11.8 Å². The molecule has 1 aliphatic rings. The summed E-state index contributed by atoms with van der Waals surface area (Å²) in [4.78, 5) is 28.5. The first kappa shape index (κ1) is 23.6. The first-order valence-electron chi connectivity index (χ1n) is 9.83. The van der Waals surface area contributed by atoms with Crippen LogP contribution in [0.15, 0.2) is 60.7 Å². The molecule has 0 aromatic heterocycles. The second kappa shape index (κ2) is 10.5. The number of sulfone groups is 1. The quantitative estimate of drug-likeness (QED) is 0.542. The van der Waals surface area contributed by atoms with Gasteiger partial charge in [-0.15, -0.1) is 23.2 Å². The van der Waals surface area contributed by atoms with E-state index in [0.717, 1.165) is 11.1 Å². The molecule has 9 heteroatoms. The molecule has 2 atom stereocenters. The lowest BCUT2D eigenvalue weighted by Gasteiger charge is -2.38. The average Bonchev–Trinajstić information content (AvgIpc) is 3.10. The standard InChI is InChI=1S/C22H24Cl2N2O4S/c23-11-21(27)25(13-17-7-3-1-4-8-17)19-15-31(29,30)16-20(19)26(22(28)12-24)14-18-9-5-2-6-10-18/h1-10,19-20H,11-16H2/t19-,20-/m1/s1. The van der Waals surface area contributed by atoms with E-state index in [2.05, 4.69) is 0 Å². The summed E-state index contributed by atoms with van der Waals surface area (Å²) in [5, 5.41) is 0. The number of carbonyl (C=O) groups excluding carboxylic acids is 2. The molecule has 2 amide bonds. The first-order valence-corrected chi connectivity index (χ1v) is 12.7. The molecule has 31 heavy (non-hydrogen) atoms. The van der Waals surface area contributed by atoms with Crippen molar-refractivity contribution in [3.63, 3.8) is 0 Å². The highest BCUT2D eigenvalue weighted by Crippen LogP contribution is 2.27. The Kier molecular flexibility index (Phi) is 7.97. The van der Waals surface area contributed by atoms with Gasteiger partial charge in [0.1, 0.15) is 11.8 Å². The van der Waals surface area contributed by atoms with E-state index in [1.165, 1.54) is 9.80 Å². The van der Waals surface area contributed by atoms with Gasteiger partial charge >= 0.3 is 0 Å². The van der Waals surface area contributed by atoms with E-state index in [1.807, 2.05) is 60.7 Å². The third-order valence-electron chi connectivity index (χ3n) is 5.36. The van der Waals surface area contributed by atoms with E-state index >= 15 is 0 Å². The number of hydrogen-bond donors (Lipinski definition) is 0. The smallest absolute Gasteiger partial charge is 0.238 e. The maximum Gasteiger partial charge on any atom is 0.238 e. The number of rotatable bonds is 8. The van der Waals surface area contributed by atoms with Crippen molar-refractivity contribution in [2.45, 2.75) is 25.2 Å². The van der Waals surface area contributed by atoms with Crippen LogP contribution in [0.1, 0.15) is 11.1 Å². The monoisotopic (exact) mass is 482 g/mol. The Morgan fingerprint density at radius 2 is 1.10 bits per heavy atom. The Bertz CT molecular complexity index is 927. The van der Waals surface area contributed by atoms with Gasteiger partial charge in [-0.1, -0.05) is 60.7 Å². The minimum absolute atomic E-state index is 0.206. The fraction of sp³-hybridized carbons (Fsp3) is 0.364. The lowest BCUT2D eigenvalue weighted by atomic mass is 10.1. The van der Waals surface area contributed by atoms with Crippen LogP contribution in [0.25, 0.3) is 0 Å². The van der Waals surface area contributed by atoms with Crippen molar-refractivity contribution in [2.24, 2.45) is 0 Å². The number of alkyl halides is 2. The number of hydrogen-bond acceptors (Lipinski definition) is 4. The summed E-state index contributed by atoms with van der Waals surface area (Å²) in [5.74, 6) is -1.77. The van der Waals surface area contributed by atoms with Crippen LogP contribution in [0.5, 0.6) is 0 Å². The predicted octanol–water partition coefficient (Wildman–Crippen LogP) is 2.69. The Hall–Kier alpha value is -2.09. The zero-order valence-electron chi connectivity index (χ0n) is 16.9. The summed E-state index contributed by atoms with van der Waals surface area (Å²) in [5.41, 5.74) is 1.70. The molecular weight excluding hydrogens is 459 g/mol. The molecule has 1 fully saturated rings. The van der Waals surface area contributed by atoms with E-state index in [-0.39, 0.29) is 48.2 Å². The lowest BCUT2D eigenvalue weighted by Crippen LogP contribution is -2.54. The normalized spacial score (nSPS) is 19.7. The van der Waals surface area contributed by atoms with E-state index in [4.69, 9.17) is 23.2 Å². The van der Waals surface area contributed by atoms with Crippen LogP contribution in [-0.4, -0.2) is 65.4 Å². The van der Waals surface area contributed by atoms with E-state index in [9.17, 15) is 18.0 Å². The molecule has 6 nitrogen and oxygen atoms in total. The topological polar surface area (TPSA) is 74.8 Å². The Morgan fingerprint density at radius 3 is 1.42 bits per heavy atom. The molecular formula is C22H24Cl2N2O4S. The molecule has 2 aromatic rings. The lowest BCUT2D eigenvalue weighted by molar-refractivity contribution is -0.137. The van der Waals surface area contributed by atoms with Crippen LogP contribution in [0.2, 0.25) is 0 Å². The van der Waals surface area contributed by atoms with Crippen LogP contribution >= 0.6 is 23.2 Å². The van der Waals surface area contributed by atoms with Crippen molar-refractivity contribution in [1.29, 1.82) is 0 Å². The third kappa shape index (κ3) is 5.99. The van der Waals surface area contributed by atoms with Crippen molar-refractivity contribution in [1.82, 2.24) is 9.80 Å². The number of amides is 2. The van der Waals surface area contributed by atoms with Crippen LogP contribution in [-0.2, 0) is 32.5 Å². The average molecular weight is 483 g/mol. The number of carbonyl (C=O) groups is 2. The van der Waals surface area contributed by atoms with Gasteiger partial charge in [0.05, 0.1) is 23.6 Å². The van der Waals surface area contributed by atoms with Gasteiger partial charge in [0.15, 0.2) is 9.84 Å². The largest absolute Gasteiger partial charge is 0.331 e. The number of benzene rings is 2. The maximum absolute atomic E-state index is 12.7. The zero-order valence-corrected chi connectivity index (χ0v) is 19.2. The first-order chi connectivity index (χ1) is 14.8. The Balaban J connectivity index is 1.97. The summed E-state index contributed by atoms with van der Waals surface area (Å²) >= 11 is 11.7. The molecule has 2 aromatic carbocycles. The zero-order chi connectivity index (χ0) is 22.4. The molecule has 0 aliphatic carbocycles. The van der Waals surface area contributed by atoms with Gasteiger partial charge in [-0.2, -0.15) is 0 Å². The summed E-state index contributed by atoms with van der Waals surface area (Å²) in [6.07, 6.45) is 0. The van der Waals surface area contributed by atoms with Gasteiger partial charge in [0, 0.05) is 13.1 Å². The van der Waals surface area contributed by atoms with Gasteiger partial charge in [-0.25, -0.2) is 8.42 Å². The van der Waals surface area contributed by atoms with Gasteiger partial charge in [-0.3, -0.25) is 9.59 Å². The van der Waals surface area contributed by atoms with Crippen molar-refractivity contribution in [3.05, 3.63) is 71.8 Å². The third-order valence-corrected chi connectivity index (χ3v) is 7.51. The Morgan fingerprint density at radius 1 is 0.742 bits per heavy atom. The van der Waals surface area contributed by atoms with E-state index < -0.39 is 21.9 Å². The molecule has 166 valence electrons. The molecule has 3 rings (SSSR count). The maximum atomic E-state index is 12.7. The molecule has 0 N–H and O–H groups in total. The fourth-order valence-electron chi connectivity index (χ4n) is 3.90. The van der Waals surface area contributed by atoms with E-state index in [1.54, 1.807) is 0 Å². The fourth-order valence-corrected chi connectivity index (χ4v) is 6.19. The second-order valence-electron chi connectivity index (χ2n) is 7.49. The SMILES string of the molecule is O=C(CCl)N(Cc1ccccc1)[C@@H]1CS(=O)(=O)C[C@H]1N(Cc1ccccc1)C(=O)CCl. The van der Waals surface area contributed by atoms with Gasteiger partial charge in [-0.05, 0) is 11.1 Å². The molecule has 0 spiro atoms. The molecule has 0 bridgehead atoms. The summed E-state index contributed by atoms with van der Waals surface area (Å²) in [7, 11) is -3.48. The molecule has 1 heterocycles. The summed E-state index contributed by atoms with van der Waals surface area (Å²) < 4.78 is 25.3. The van der Waals surface area contributed by atoms with Crippen molar-refractivity contribution in [2.75, 3.05) is 23.3 Å². The van der Waals surface area contributed by atoms with Crippen molar-refractivity contribution >= 4 is 44.9 Å². The van der Waals surface area contributed by atoms with Crippen LogP contribution in [0.3, 0.4) is 0 Å². The van der Waals surface area contributed by atoms with Gasteiger partial charge < -0.3 is 9.80 Å². The highest BCUT2D eigenvalue weighted by molar-refractivity contribution is 7.91. The number of nitrogens with zero attached hydrogens (tertiary/aromatic N) is 2. The summed E-state index contributed by atoms with van der Waals surface area (Å²) in [6, 6.07) is 17.1. The molecule has 1 saturated heterocycles. The highest BCUT2D eigenvalue weighted by atomic mass is 35.5. The van der Waals surface area contributed by atoms with Crippen molar-refractivity contribution in [3.8, 4) is 0 Å². The molecule has 1 aliphatic heterocycles. The minimum atomic E-state index is -3.48. The molecule has 0 saturated carbocycles. The number of halogens is 2. The van der Waals surface area contributed by atoms with Crippen LogP contribution in [0.4, 0.5) is 0 Å². The highest BCUT2D eigenvalue weighted by Gasteiger charge is 2.46. The molecule has 0 unspecified atom stereocenters. The summed E-state index contributed by atoms with van der Waals surface area (Å²) in [6.45, 7) is 0.411. The van der Waals surface area contributed by atoms with E-state index in [0.29, 0.717) is 0 Å².